The zero-order valence-corrected chi connectivity index (χ0v) is 14.1. The average molecular weight is 311 g/mol. The Hall–Kier alpha value is -0.610. The molecule has 1 heterocycles. The summed E-state index contributed by atoms with van der Waals surface area (Å²) in [5.41, 5.74) is 0.897. The van der Waals surface area contributed by atoms with Gasteiger partial charge in [-0.2, -0.15) is 0 Å². The first-order chi connectivity index (χ1) is 9.97. The average Bonchev–Trinajstić information content (AvgIpc) is 2.47. The highest BCUT2D eigenvalue weighted by Crippen LogP contribution is 2.22. The normalized spacial score (nSPS) is 19.4. The number of aliphatic hydroxyl groups is 1. The van der Waals surface area contributed by atoms with Crippen LogP contribution in [0.1, 0.15) is 38.4 Å². The second-order valence-electron chi connectivity index (χ2n) is 6.37. The SMILES string of the molecule is CC(C)N1CCC(N(C)CC(O)c2cccc(Cl)c2)CC1. The Morgan fingerprint density at radius 1 is 1.33 bits per heavy atom. The van der Waals surface area contributed by atoms with Gasteiger partial charge in [-0.3, -0.25) is 0 Å². The van der Waals surface area contributed by atoms with Crippen molar-refractivity contribution in [1.82, 2.24) is 9.80 Å². The molecule has 1 N–H and O–H groups in total. The largest absolute Gasteiger partial charge is 0.387 e. The van der Waals surface area contributed by atoms with Crippen LogP contribution in [-0.4, -0.2) is 53.7 Å². The lowest BCUT2D eigenvalue weighted by Gasteiger charge is -2.39. The monoisotopic (exact) mass is 310 g/mol. The highest BCUT2D eigenvalue weighted by molar-refractivity contribution is 6.30. The summed E-state index contributed by atoms with van der Waals surface area (Å²) in [4.78, 5) is 4.82. The summed E-state index contributed by atoms with van der Waals surface area (Å²) >= 11 is 5.99. The number of likely N-dealkylation sites (tertiary alicyclic amines) is 1. The summed E-state index contributed by atoms with van der Waals surface area (Å²) in [6, 6.07) is 8.71. The topological polar surface area (TPSA) is 26.7 Å². The smallest absolute Gasteiger partial charge is 0.0917 e. The summed E-state index contributed by atoms with van der Waals surface area (Å²) in [5, 5.41) is 11.1. The lowest BCUT2D eigenvalue weighted by atomic mass is 10.0. The molecule has 1 saturated heterocycles. The molecule has 1 aromatic rings. The van der Waals surface area contributed by atoms with Crippen LogP contribution in [0.4, 0.5) is 0 Å². The number of halogens is 1. The maximum atomic E-state index is 10.4. The van der Waals surface area contributed by atoms with E-state index in [9.17, 15) is 5.11 Å². The molecule has 1 aliphatic rings. The zero-order chi connectivity index (χ0) is 15.4. The number of nitrogens with zero attached hydrogens (tertiary/aromatic N) is 2. The van der Waals surface area contributed by atoms with Crippen LogP contribution >= 0.6 is 11.6 Å². The molecule has 0 amide bonds. The van der Waals surface area contributed by atoms with E-state index >= 15 is 0 Å². The summed E-state index contributed by atoms with van der Waals surface area (Å²) in [7, 11) is 2.11. The highest BCUT2D eigenvalue weighted by atomic mass is 35.5. The van der Waals surface area contributed by atoms with Gasteiger partial charge in [0, 0.05) is 23.7 Å². The second kappa shape index (κ2) is 7.59. The number of aliphatic hydroxyl groups excluding tert-OH is 1. The predicted molar refractivity (Wildman–Crippen MR) is 88.8 cm³/mol. The summed E-state index contributed by atoms with van der Waals surface area (Å²) in [6.07, 6.45) is 1.88. The molecule has 21 heavy (non-hydrogen) atoms. The Bertz CT molecular complexity index is 444. The predicted octanol–water partition coefficient (Wildman–Crippen LogP) is 3.18. The Kier molecular flexibility index (Phi) is 6.06. The van der Waals surface area contributed by atoms with Crippen molar-refractivity contribution in [3.63, 3.8) is 0 Å². The first kappa shape index (κ1) is 16.8. The molecule has 1 aliphatic heterocycles. The fourth-order valence-electron chi connectivity index (χ4n) is 3.08. The van der Waals surface area contributed by atoms with Crippen molar-refractivity contribution in [2.24, 2.45) is 0 Å². The van der Waals surface area contributed by atoms with Crippen LogP contribution in [0.2, 0.25) is 5.02 Å². The Balaban J connectivity index is 1.86. The molecule has 0 spiro atoms. The van der Waals surface area contributed by atoms with Crippen LogP contribution in [-0.2, 0) is 0 Å². The molecule has 1 fully saturated rings. The van der Waals surface area contributed by atoms with Crippen molar-refractivity contribution < 1.29 is 5.11 Å². The van der Waals surface area contributed by atoms with Crippen molar-refractivity contribution in [3.8, 4) is 0 Å². The van der Waals surface area contributed by atoms with Gasteiger partial charge in [-0.15, -0.1) is 0 Å². The molecule has 0 bridgehead atoms. The number of hydrogen-bond acceptors (Lipinski definition) is 3. The van der Waals surface area contributed by atoms with Crippen LogP contribution in [0.25, 0.3) is 0 Å². The Labute approximate surface area is 133 Å². The first-order valence-electron chi connectivity index (χ1n) is 7.85. The Morgan fingerprint density at radius 2 is 2.00 bits per heavy atom. The van der Waals surface area contributed by atoms with E-state index in [1.807, 2.05) is 24.3 Å². The van der Waals surface area contributed by atoms with E-state index in [-0.39, 0.29) is 0 Å². The van der Waals surface area contributed by atoms with Crippen molar-refractivity contribution >= 4 is 11.6 Å². The van der Waals surface area contributed by atoms with E-state index in [0.717, 1.165) is 18.7 Å². The molecule has 3 nitrogen and oxygen atoms in total. The minimum absolute atomic E-state index is 0.475. The van der Waals surface area contributed by atoms with Crippen LogP contribution < -0.4 is 0 Å². The van der Waals surface area contributed by atoms with Crippen molar-refractivity contribution in [3.05, 3.63) is 34.9 Å². The van der Waals surface area contributed by atoms with Crippen LogP contribution in [0.3, 0.4) is 0 Å². The maximum Gasteiger partial charge on any atom is 0.0917 e. The molecule has 0 aliphatic carbocycles. The minimum atomic E-state index is -0.475. The van der Waals surface area contributed by atoms with Gasteiger partial charge < -0.3 is 14.9 Å². The van der Waals surface area contributed by atoms with Gasteiger partial charge in [0.05, 0.1) is 6.10 Å². The zero-order valence-electron chi connectivity index (χ0n) is 13.3. The number of hydrogen-bond donors (Lipinski definition) is 1. The number of rotatable bonds is 5. The molecule has 1 unspecified atom stereocenters. The molecule has 1 aromatic carbocycles. The van der Waals surface area contributed by atoms with Gasteiger partial charge in [-0.05, 0) is 64.5 Å². The van der Waals surface area contributed by atoms with E-state index in [0.29, 0.717) is 23.7 Å². The number of benzene rings is 1. The van der Waals surface area contributed by atoms with Crippen molar-refractivity contribution in [2.45, 2.75) is 44.9 Å². The van der Waals surface area contributed by atoms with Crippen LogP contribution in [0.15, 0.2) is 24.3 Å². The summed E-state index contributed by atoms with van der Waals surface area (Å²) in [6.45, 7) is 7.48. The van der Waals surface area contributed by atoms with Gasteiger partial charge in [-0.25, -0.2) is 0 Å². The van der Waals surface area contributed by atoms with E-state index in [4.69, 9.17) is 11.6 Å². The first-order valence-corrected chi connectivity index (χ1v) is 8.23. The second-order valence-corrected chi connectivity index (χ2v) is 6.81. The van der Waals surface area contributed by atoms with Gasteiger partial charge in [0.25, 0.3) is 0 Å². The molecular weight excluding hydrogens is 284 g/mol. The number of piperidine rings is 1. The van der Waals surface area contributed by atoms with Gasteiger partial charge in [-0.1, -0.05) is 23.7 Å². The fraction of sp³-hybridized carbons (Fsp3) is 0.647. The maximum absolute atomic E-state index is 10.4. The van der Waals surface area contributed by atoms with E-state index in [1.165, 1.54) is 12.8 Å². The third-order valence-electron chi connectivity index (χ3n) is 4.55. The highest BCUT2D eigenvalue weighted by Gasteiger charge is 2.25. The lowest BCUT2D eigenvalue weighted by molar-refractivity contribution is 0.0659. The quantitative estimate of drug-likeness (QED) is 0.905. The molecule has 2 rings (SSSR count). The van der Waals surface area contributed by atoms with Crippen LogP contribution in [0.5, 0.6) is 0 Å². The number of likely N-dealkylation sites (N-methyl/N-ethyl adjacent to an activating group) is 1. The van der Waals surface area contributed by atoms with E-state index in [1.54, 1.807) is 0 Å². The standard InChI is InChI=1S/C17H27ClN2O/c1-13(2)20-9-7-16(8-10-20)19(3)12-17(21)14-5-4-6-15(18)11-14/h4-6,11,13,16-17,21H,7-10,12H2,1-3H3. The summed E-state index contributed by atoms with van der Waals surface area (Å²) in [5.74, 6) is 0. The van der Waals surface area contributed by atoms with Gasteiger partial charge in [0.2, 0.25) is 0 Å². The lowest BCUT2D eigenvalue weighted by Crippen LogP contribution is -2.46. The van der Waals surface area contributed by atoms with Gasteiger partial charge in [0.1, 0.15) is 0 Å². The van der Waals surface area contributed by atoms with Crippen molar-refractivity contribution in [2.75, 3.05) is 26.7 Å². The van der Waals surface area contributed by atoms with E-state index in [2.05, 4.69) is 30.7 Å². The van der Waals surface area contributed by atoms with Crippen LogP contribution in [0, 0.1) is 0 Å². The third-order valence-corrected chi connectivity index (χ3v) is 4.78. The molecular formula is C17H27ClN2O. The molecule has 0 saturated carbocycles. The molecule has 1 atom stereocenters. The molecule has 118 valence electrons. The fourth-order valence-corrected chi connectivity index (χ4v) is 3.28. The minimum Gasteiger partial charge on any atom is -0.387 e. The van der Waals surface area contributed by atoms with E-state index < -0.39 is 6.10 Å². The molecule has 4 heteroatoms. The van der Waals surface area contributed by atoms with Crippen molar-refractivity contribution in [1.29, 1.82) is 0 Å². The third kappa shape index (κ3) is 4.68. The summed E-state index contributed by atoms with van der Waals surface area (Å²) < 4.78 is 0. The molecule has 0 aromatic heterocycles. The van der Waals surface area contributed by atoms with Gasteiger partial charge >= 0.3 is 0 Å². The van der Waals surface area contributed by atoms with Gasteiger partial charge in [0.15, 0.2) is 0 Å². The molecule has 0 radical (unpaired) electrons. The Morgan fingerprint density at radius 3 is 2.57 bits per heavy atom.